The molecule has 1 saturated heterocycles. The maximum atomic E-state index is 12.2. The first-order valence-electron chi connectivity index (χ1n) is 8.45. The molecular formula is C19H24O3. The van der Waals surface area contributed by atoms with Gasteiger partial charge in [-0.2, -0.15) is 0 Å². The Balaban J connectivity index is 1.78. The molecule has 0 radical (unpaired) electrons. The van der Waals surface area contributed by atoms with Gasteiger partial charge in [-0.1, -0.05) is 25.5 Å². The molecule has 3 aliphatic carbocycles. The smallest absolute Gasteiger partial charge is 0.317 e. The van der Waals surface area contributed by atoms with Crippen molar-refractivity contribution in [1.29, 1.82) is 0 Å². The summed E-state index contributed by atoms with van der Waals surface area (Å²) in [4.78, 5) is 24.4. The van der Waals surface area contributed by atoms with E-state index in [1.54, 1.807) is 0 Å². The fourth-order valence-corrected chi connectivity index (χ4v) is 5.61. The average Bonchev–Trinajstić information content (AvgIpc) is 2.81. The average molecular weight is 300 g/mol. The van der Waals surface area contributed by atoms with Crippen LogP contribution in [0, 0.1) is 28.6 Å². The number of esters is 1. The van der Waals surface area contributed by atoms with E-state index >= 15 is 0 Å². The van der Waals surface area contributed by atoms with Gasteiger partial charge in [0.2, 0.25) is 0 Å². The van der Waals surface area contributed by atoms with E-state index < -0.39 is 5.92 Å². The zero-order chi connectivity index (χ0) is 15.7. The van der Waals surface area contributed by atoms with Crippen molar-refractivity contribution >= 4 is 11.8 Å². The van der Waals surface area contributed by atoms with Crippen LogP contribution in [0.4, 0.5) is 0 Å². The van der Waals surface area contributed by atoms with Crippen LogP contribution in [-0.2, 0) is 14.3 Å². The van der Waals surface area contributed by atoms with Crippen molar-refractivity contribution in [2.75, 3.05) is 0 Å². The van der Waals surface area contributed by atoms with Crippen LogP contribution in [0.15, 0.2) is 24.3 Å². The monoisotopic (exact) mass is 300 g/mol. The number of rotatable bonds is 1. The number of Topliss-reactive ketones (excluding diaryl/α,β-unsaturated/α-hetero) is 1. The van der Waals surface area contributed by atoms with Crippen molar-refractivity contribution in [3.8, 4) is 0 Å². The second kappa shape index (κ2) is 4.33. The standard InChI is InChI=1S/C19H24O3/c1-4-18(2)7-5-12-11(10-18)9-14-16-15(17(21)22-14)13(20)6-8-19(12,16)3/h4,9,12,14-16H,1,5-8,10H2,2-3H3/t12-,14+,15-,16-,18+,19+/m0/s1. The van der Waals surface area contributed by atoms with Gasteiger partial charge in [-0.15, -0.1) is 6.58 Å². The first-order valence-corrected chi connectivity index (χ1v) is 8.45. The lowest BCUT2D eigenvalue weighted by Gasteiger charge is -2.54. The van der Waals surface area contributed by atoms with Crippen molar-refractivity contribution in [1.82, 2.24) is 0 Å². The summed E-state index contributed by atoms with van der Waals surface area (Å²) < 4.78 is 5.60. The molecule has 0 amide bonds. The zero-order valence-corrected chi connectivity index (χ0v) is 13.4. The molecular weight excluding hydrogens is 276 g/mol. The SMILES string of the molecule is C=C[C@]1(C)CC[C@H]2C(=C[C@H]3OC(=O)[C@H]4C(=O)CC[C@@]2(C)[C@H]43)C1. The minimum Gasteiger partial charge on any atom is -0.457 e. The van der Waals surface area contributed by atoms with Gasteiger partial charge < -0.3 is 4.74 Å². The maximum Gasteiger partial charge on any atom is 0.317 e. The number of hydrogen-bond donors (Lipinski definition) is 0. The van der Waals surface area contributed by atoms with Gasteiger partial charge >= 0.3 is 5.97 Å². The van der Waals surface area contributed by atoms with Gasteiger partial charge in [0.1, 0.15) is 17.8 Å². The third-order valence-corrected chi connectivity index (χ3v) is 6.96. The fraction of sp³-hybridized carbons (Fsp3) is 0.684. The van der Waals surface area contributed by atoms with Crippen LogP contribution in [-0.4, -0.2) is 17.9 Å². The Morgan fingerprint density at radius 3 is 2.82 bits per heavy atom. The fourth-order valence-electron chi connectivity index (χ4n) is 5.61. The van der Waals surface area contributed by atoms with Crippen LogP contribution in [0.3, 0.4) is 0 Å². The molecule has 4 aliphatic rings. The van der Waals surface area contributed by atoms with E-state index in [4.69, 9.17) is 4.74 Å². The molecule has 0 aromatic rings. The normalized spacial score (nSPS) is 49.8. The minimum absolute atomic E-state index is 0.0297. The highest BCUT2D eigenvalue weighted by Gasteiger charge is 2.63. The molecule has 2 saturated carbocycles. The molecule has 1 heterocycles. The van der Waals surface area contributed by atoms with Gasteiger partial charge in [0.15, 0.2) is 0 Å². The third-order valence-electron chi connectivity index (χ3n) is 6.96. The highest BCUT2D eigenvalue weighted by atomic mass is 16.6. The summed E-state index contributed by atoms with van der Waals surface area (Å²) in [5.74, 6) is -0.143. The number of carbonyl (C=O) groups is 2. The van der Waals surface area contributed by atoms with Gasteiger partial charge in [-0.05, 0) is 48.5 Å². The molecule has 3 nitrogen and oxygen atoms in total. The van der Waals surface area contributed by atoms with E-state index in [0.717, 1.165) is 25.7 Å². The third kappa shape index (κ3) is 1.68. The van der Waals surface area contributed by atoms with Gasteiger partial charge in [0.25, 0.3) is 0 Å². The molecule has 4 rings (SSSR count). The number of hydrogen-bond acceptors (Lipinski definition) is 3. The molecule has 22 heavy (non-hydrogen) atoms. The van der Waals surface area contributed by atoms with Crippen molar-refractivity contribution in [2.24, 2.45) is 28.6 Å². The predicted octanol–water partition coefficient (Wildman–Crippen LogP) is 3.45. The van der Waals surface area contributed by atoms with E-state index in [9.17, 15) is 9.59 Å². The first kappa shape index (κ1) is 14.2. The van der Waals surface area contributed by atoms with E-state index in [0.29, 0.717) is 12.3 Å². The Morgan fingerprint density at radius 2 is 2.09 bits per heavy atom. The van der Waals surface area contributed by atoms with Crippen LogP contribution >= 0.6 is 0 Å². The molecule has 0 spiro atoms. The Hall–Kier alpha value is -1.38. The van der Waals surface area contributed by atoms with Crippen LogP contribution in [0.5, 0.6) is 0 Å². The van der Waals surface area contributed by atoms with Gasteiger partial charge in [-0.25, -0.2) is 0 Å². The lowest BCUT2D eigenvalue weighted by molar-refractivity contribution is -0.147. The molecule has 0 aromatic heterocycles. The number of carbonyl (C=O) groups excluding carboxylic acids is 2. The van der Waals surface area contributed by atoms with Crippen molar-refractivity contribution < 1.29 is 14.3 Å². The number of ketones is 1. The Kier molecular flexibility index (Phi) is 2.80. The van der Waals surface area contributed by atoms with Crippen LogP contribution in [0.1, 0.15) is 46.0 Å². The summed E-state index contributed by atoms with van der Waals surface area (Å²) >= 11 is 0. The Labute approximate surface area is 131 Å². The highest BCUT2D eigenvalue weighted by Crippen LogP contribution is 2.62. The van der Waals surface area contributed by atoms with E-state index in [1.807, 2.05) is 0 Å². The molecule has 0 bridgehead atoms. The predicted molar refractivity (Wildman–Crippen MR) is 82.9 cm³/mol. The molecule has 6 atom stereocenters. The quantitative estimate of drug-likeness (QED) is 0.423. The lowest BCUT2D eigenvalue weighted by Crippen LogP contribution is -2.52. The highest BCUT2D eigenvalue weighted by molar-refractivity contribution is 6.01. The van der Waals surface area contributed by atoms with Gasteiger partial charge in [0, 0.05) is 12.3 Å². The van der Waals surface area contributed by atoms with Gasteiger partial charge in [-0.3, -0.25) is 9.59 Å². The second-order valence-electron chi connectivity index (χ2n) is 8.24. The molecule has 0 N–H and O–H groups in total. The first-order chi connectivity index (χ1) is 10.4. The van der Waals surface area contributed by atoms with E-state index in [-0.39, 0.29) is 34.6 Å². The summed E-state index contributed by atoms with van der Waals surface area (Å²) in [5.41, 5.74) is 1.61. The van der Waals surface area contributed by atoms with Crippen LogP contribution < -0.4 is 0 Å². The zero-order valence-electron chi connectivity index (χ0n) is 13.4. The van der Waals surface area contributed by atoms with Crippen LogP contribution in [0.25, 0.3) is 0 Å². The summed E-state index contributed by atoms with van der Waals surface area (Å²) in [5, 5.41) is 0. The summed E-state index contributed by atoms with van der Waals surface area (Å²) in [7, 11) is 0. The maximum absolute atomic E-state index is 12.2. The van der Waals surface area contributed by atoms with Gasteiger partial charge in [0.05, 0.1) is 0 Å². The summed E-state index contributed by atoms with van der Waals surface area (Å²) in [6.07, 6.45) is 8.76. The molecule has 3 fully saturated rings. The Morgan fingerprint density at radius 1 is 1.32 bits per heavy atom. The topological polar surface area (TPSA) is 43.4 Å². The van der Waals surface area contributed by atoms with Crippen LogP contribution in [0.2, 0.25) is 0 Å². The number of fused-ring (bicyclic) bond motifs is 2. The largest absolute Gasteiger partial charge is 0.457 e. The minimum atomic E-state index is -0.505. The van der Waals surface area contributed by atoms with Crippen molar-refractivity contribution in [3.05, 3.63) is 24.3 Å². The number of ether oxygens (including phenoxy) is 1. The van der Waals surface area contributed by atoms with E-state index in [1.165, 1.54) is 5.57 Å². The van der Waals surface area contributed by atoms with E-state index in [2.05, 4.69) is 32.6 Å². The molecule has 118 valence electrons. The summed E-state index contributed by atoms with van der Waals surface area (Å²) in [6, 6.07) is 0. The molecule has 3 heteroatoms. The Bertz CT molecular complexity index is 604. The second-order valence-corrected chi connectivity index (χ2v) is 8.24. The molecule has 0 aromatic carbocycles. The number of allylic oxidation sites excluding steroid dienone is 2. The van der Waals surface area contributed by atoms with Crippen molar-refractivity contribution in [3.63, 3.8) is 0 Å². The molecule has 1 aliphatic heterocycles. The summed E-state index contributed by atoms with van der Waals surface area (Å²) in [6.45, 7) is 8.56. The molecule has 0 unspecified atom stereocenters. The lowest BCUT2D eigenvalue weighted by atomic mass is 9.48. The van der Waals surface area contributed by atoms with Crippen molar-refractivity contribution in [2.45, 2.75) is 52.1 Å².